The van der Waals surface area contributed by atoms with E-state index >= 15 is 0 Å². The number of benzene rings is 1. The maximum absolute atomic E-state index is 11.2. The molecule has 5 heteroatoms. The highest BCUT2D eigenvalue weighted by Crippen LogP contribution is 2.25. The summed E-state index contributed by atoms with van der Waals surface area (Å²) in [5, 5.41) is 13.4. The van der Waals surface area contributed by atoms with Gasteiger partial charge in [-0.15, -0.1) is 0 Å². The van der Waals surface area contributed by atoms with E-state index in [-0.39, 0.29) is 5.69 Å². The van der Waals surface area contributed by atoms with Crippen molar-refractivity contribution in [2.45, 2.75) is 25.8 Å². The normalized spacial score (nSPS) is 13.2. The lowest BCUT2D eigenvalue weighted by atomic mass is 10.2. The number of para-hydroxylation sites is 1. The summed E-state index contributed by atoms with van der Waals surface area (Å²) < 4.78 is 7.42. The first-order valence-electron chi connectivity index (χ1n) is 6.75. The van der Waals surface area contributed by atoms with Gasteiger partial charge in [0.15, 0.2) is 5.69 Å². The largest absolute Gasteiger partial charge is 0.492 e. The highest BCUT2D eigenvalue weighted by atomic mass is 16.5. The van der Waals surface area contributed by atoms with Crippen LogP contribution in [0.3, 0.4) is 0 Å². The van der Waals surface area contributed by atoms with Crippen molar-refractivity contribution in [1.82, 2.24) is 9.78 Å². The molecule has 2 aromatic rings. The average molecular weight is 272 g/mol. The summed E-state index contributed by atoms with van der Waals surface area (Å²) in [7, 11) is 0. The molecule has 0 aliphatic heterocycles. The monoisotopic (exact) mass is 272 g/mol. The van der Waals surface area contributed by atoms with Crippen LogP contribution >= 0.6 is 0 Å². The van der Waals surface area contributed by atoms with Gasteiger partial charge in [0, 0.05) is 11.3 Å². The van der Waals surface area contributed by atoms with Crippen molar-refractivity contribution in [2.75, 3.05) is 6.61 Å². The van der Waals surface area contributed by atoms with Crippen LogP contribution in [-0.4, -0.2) is 27.5 Å². The molecule has 5 nitrogen and oxygen atoms in total. The Balaban J connectivity index is 1.69. The van der Waals surface area contributed by atoms with Crippen LogP contribution in [0.2, 0.25) is 0 Å². The topological polar surface area (TPSA) is 64.3 Å². The molecule has 0 saturated carbocycles. The van der Waals surface area contributed by atoms with E-state index < -0.39 is 5.97 Å². The Kier molecular flexibility index (Phi) is 3.41. The van der Waals surface area contributed by atoms with Gasteiger partial charge in [-0.05, 0) is 31.4 Å². The van der Waals surface area contributed by atoms with Gasteiger partial charge in [-0.2, -0.15) is 5.10 Å². The van der Waals surface area contributed by atoms with Crippen LogP contribution in [0.25, 0.3) is 0 Å². The molecule has 1 aliphatic rings. The molecule has 0 radical (unpaired) electrons. The Labute approximate surface area is 116 Å². The van der Waals surface area contributed by atoms with Gasteiger partial charge in [0.1, 0.15) is 12.4 Å². The van der Waals surface area contributed by atoms with E-state index in [0.29, 0.717) is 13.2 Å². The Morgan fingerprint density at radius 1 is 1.30 bits per heavy atom. The number of carboxylic acid groups (broad SMARTS) is 1. The molecule has 0 amide bonds. The number of aromatic nitrogens is 2. The summed E-state index contributed by atoms with van der Waals surface area (Å²) in [5.41, 5.74) is 2.16. The van der Waals surface area contributed by atoms with Gasteiger partial charge in [0.05, 0.1) is 6.54 Å². The lowest BCUT2D eigenvalue weighted by Crippen LogP contribution is -2.12. The summed E-state index contributed by atoms with van der Waals surface area (Å²) in [6, 6.07) is 9.58. The molecule has 0 unspecified atom stereocenters. The molecule has 104 valence electrons. The Morgan fingerprint density at radius 2 is 2.10 bits per heavy atom. The summed E-state index contributed by atoms with van der Waals surface area (Å²) in [6.07, 6.45) is 2.73. The summed E-state index contributed by atoms with van der Waals surface area (Å²) in [5.74, 6) is -0.124. The van der Waals surface area contributed by atoms with Crippen molar-refractivity contribution in [3.63, 3.8) is 0 Å². The molecule has 0 fully saturated rings. The molecular weight excluding hydrogens is 256 g/mol. The number of nitrogens with zero attached hydrogens (tertiary/aromatic N) is 2. The fourth-order valence-electron chi connectivity index (χ4n) is 2.63. The van der Waals surface area contributed by atoms with Crippen LogP contribution in [0.15, 0.2) is 30.3 Å². The number of carboxylic acids is 1. The number of rotatable bonds is 5. The van der Waals surface area contributed by atoms with Gasteiger partial charge in [-0.1, -0.05) is 18.2 Å². The minimum atomic E-state index is -0.939. The molecule has 0 atom stereocenters. The maximum Gasteiger partial charge on any atom is 0.356 e. The second kappa shape index (κ2) is 5.36. The van der Waals surface area contributed by atoms with Gasteiger partial charge in [0.25, 0.3) is 0 Å². The second-order valence-electron chi connectivity index (χ2n) is 4.82. The van der Waals surface area contributed by atoms with E-state index in [1.165, 1.54) is 0 Å². The third-order valence-electron chi connectivity index (χ3n) is 3.52. The van der Waals surface area contributed by atoms with Gasteiger partial charge in [-0.25, -0.2) is 4.79 Å². The lowest BCUT2D eigenvalue weighted by Gasteiger charge is -2.08. The van der Waals surface area contributed by atoms with Crippen molar-refractivity contribution in [3.05, 3.63) is 47.3 Å². The maximum atomic E-state index is 11.2. The zero-order chi connectivity index (χ0) is 13.9. The highest BCUT2D eigenvalue weighted by Gasteiger charge is 2.25. The quantitative estimate of drug-likeness (QED) is 0.905. The van der Waals surface area contributed by atoms with Gasteiger partial charge in [-0.3, -0.25) is 4.68 Å². The SMILES string of the molecule is O=C(O)c1nn(CCOc2ccccc2)c2c1CCC2. The Hall–Kier alpha value is -2.30. The number of aromatic carboxylic acids is 1. The standard InChI is InChI=1S/C15H16N2O3/c18-15(19)14-12-7-4-8-13(12)17(16-14)9-10-20-11-5-2-1-3-6-11/h1-3,5-6H,4,7-10H2,(H,18,19). The van der Waals surface area contributed by atoms with E-state index in [9.17, 15) is 4.79 Å². The van der Waals surface area contributed by atoms with E-state index in [4.69, 9.17) is 9.84 Å². The summed E-state index contributed by atoms with van der Waals surface area (Å²) in [4.78, 5) is 11.2. The number of hydrogen-bond acceptors (Lipinski definition) is 3. The third kappa shape index (κ3) is 2.39. The van der Waals surface area contributed by atoms with Gasteiger partial charge < -0.3 is 9.84 Å². The molecule has 1 aliphatic carbocycles. The summed E-state index contributed by atoms with van der Waals surface area (Å²) >= 11 is 0. The smallest absolute Gasteiger partial charge is 0.356 e. The van der Waals surface area contributed by atoms with Crippen molar-refractivity contribution >= 4 is 5.97 Å². The van der Waals surface area contributed by atoms with Crippen molar-refractivity contribution < 1.29 is 14.6 Å². The van der Waals surface area contributed by atoms with Gasteiger partial charge in [0.2, 0.25) is 0 Å². The molecule has 0 bridgehead atoms. The average Bonchev–Trinajstić information content (AvgIpc) is 3.03. The van der Waals surface area contributed by atoms with E-state index in [0.717, 1.165) is 36.3 Å². The van der Waals surface area contributed by atoms with E-state index in [2.05, 4.69) is 5.10 Å². The van der Waals surface area contributed by atoms with Crippen molar-refractivity contribution in [3.8, 4) is 5.75 Å². The predicted molar refractivity (Wildman–Crippen MR) is 73.1 cm³/mol. The number of hydrogen-bond donors (Lipinski definition) is 1. The number of carbonyl (C=O) groups is 1. The van der Waals surface area contributed by atoms with Crippen LogP contribution in [0.1, 0.15) is 28.2 Å². The molecule has 0 spiro atoms. The molecule has 1 aromatic heterocycles. The minimum absolute atomic E-state index is 0.206. The first-order valence-corrected chi connectivity index (χ1v) is 6.75. The molecule has 0 saturated heterocycles. The molecular formula is C15H16N2O3. The molecule has 1 heterocycles. The first kappa shape index (κ1) is 12.7. The Bertz CT molecular complexity index is 620. The third-order valence-corrected chi connectivity index (χ3v) is 3.52. The van der Waals surface area contributed by atoms with Crippen LogP contribution < -0.4 is 4.74 Å². The van der Waals surface area contributed by atoms with Crippen molar-refractivity contribution in [1.29, 1.82) is 0 Å². The van der Waals surface area contributed by atoms with E-state index in [1.54, 1.807) is 4.68 Å². The zero-order valence-corrected chi connectivity index (χ0v) is 11.1. The first-order chi connectivity index (χ1) is 9.75. The fraction of sp³-hybridized carbons (Fsp3) is 0.333. The Morgan fingerprint density at radius 3 is 2.85 bits per heavy atom. The molecule has 20 heavy (non-hydrogen) atoms. The van der Waals surface area contributed by atoms with Crippen LogP contribution in [0.4, 0.5) is 0 Å². The van der Waals surface area contributed by atoms with Crippen LogP contribution in [0, 0.1) is 0 Å². The number of ether oxygens (including phenoxy) is 1. The van der Waals surface area contributed by atoms with Crippen LogP contribution in [-0.2, 0) is 19.4 Å². The number of fused-ring (bicyclic) bond motifs is 1. The summed E-state index contributed by atoms with van der Waals surface area (Å²) in [6.45, 7) is 1.06. The fourth-order valence-corrected chi connectivity index (χ4v) is 2.63. The van der Waals surface area contributed by atoms with E-state index in [1.807, 2.05) is 30.3 Å². The zero-order valence-electron chi connectivity index (χ0n) is 11.1. The molecule has 3 rings (SSSR count). The highest BCUT2D eigenvalue weighted by molar-refractivity contribution is 5.87. The minimum Gasteiger partial charge on any atom is -0.492 e. The van der Waals surface area contributed by atoms with Crippen molar-refractivity contribution in [2.24, 2.45) is 0 Å². The van der Waals surface area contributed by atoms with Gasteiger partial charge >= 0.3 is 5.97 Å². The molecule has 1 aromatic carbocycles. The van der Waals surface area contributed by atoms with Crippen LogP contribution in [0.5, 0.6) is 5.75 Å². The predicted octanol–water partition coefficient (Wildman–Crippen LogP) is 2.15. The lowest BCUT2D eigenvalue weighted by molar-refractivity contribution is 0.0688. The molecule has 1 N–H and O–H groups in total. The second-order valence-corrected chi connectivity index (χ2v) is 4.82.